The van der Waals surface area contributed by atoms with E-state index in [1.807, 2.05) is 12.1 Å². The SMILES string of the molecule is O=C(Nc1ccc(F)cc1F)c1cnc(N2CCc3ccccc3C2)cn1. The molecule has 27 heavy (non-hydrogen) atoms. The predicted molar refractivity (Wildman–Crippen MR) is 97.5 cm³/mol. The van der Waals surface area contributed by atoms with E-state index in [1.165, 1.54) is 23.5 Å². The van der Waals surface area contributed by atoms with Crippen molar-refractivity contribution in [2.24, 2.45) is 0 Å². The lowest BCUT2D eigenvalue weighted by molar-refractivity contribution is 0.102. The Hall–Kier alpha value is -3.35. The highest BCUT2D eigenvalue weighted by Gasteiger charge is 2.18. The number of halogens is 2. The molecule has 0 saturated heterocycles. The summed E-state index contributed by atoms with van der Waals surface area (Å²) in [5, 5.41) is 2.37. The lowest BCUT2D eigenvalue weighted by atomic mass is 10.0. The molecule has 4 rings (SSSR count). The molecular weight excluding hydrogens is 350 g/mol. The first-order valence-electron chi connectivity index (χ1n) is 8.50. The highest BCUT2D eigenvalue weighted by molar-refractivity contribution is 6.02. The van der Waals surface area contributed by atoms with Crippen molar-refractivity contribution in [3.05, 3.63) is 83.3 Å². The van der Waals surface area contributed by atoms with Gasteiger partial charge in [0.2, 0.25) is 0 Å². The number of benzene rings is 2. The Morgan fingerprint density at radius 2 is 1.85 bits per heavy atom. The van der Waals surface area contributed by atoms with Crippen LogP contribution >= 0.6 is 0 Å². The molecule has 0 aliphatic carbocycles. The van der Waals surface area contributed by atoms with Crippen molar-refractivity contribution in [1.29, 1.82) is 0 Å². The summed E-state index contributed by atoms with van der Waals surface area (Å²) in [6.45, 7) is 1.55. The van der Waals surface area contributed by atoms with Crippen LogP contribution in [0.4, 0.5) is 20.3 Å². The molecule has 0 atom stereocenters. The van der Waals surface area contributed by atoms with Crippen molar-refractivity contribution < 1.29 is 13.6 Å². The van der Waals surface area contributed by atoms with E-state index in [4.69, 9.17) is 0 Å². The molecule has 0 spiro atoms. The summed E-state index contributed by atoms with van der Waals surface area (Å²) in [5.41, 5.74) is 2.53. The number of hydrogen-bond acceptors (Lipinski definition) is 4. The Labute approximate surface area is 154 Å². The fourth-order valence-corrected chi connectivity index (χ4v) is 3.07. The zero-order valence-electron chi connectivity index (χ0n) is 14.3. The summed E-state index contributed by atoms with van der Waals surface area (Å²) in [5.74, 6) is -1.49. The average Bonchev–Trinajstić information content (AvgIpc) is 2.70. The molecule has 0 unspecified atom stereocenters. The van der Waals surface area contributed by atoms with E-state index in [9.17, 15) is 13.6 Å². The average molecular weight is 366 g/mol. The molecule has 0 radical (unpaired) electrons. The molecular formula is C20H16F2N4O. The van der Waals surface area contributed by atoms with Gasteiger partial charge in [0.25, 0.3) is 5.91 Å². The van der Waals surface area contributed by atoms with Gasteiger partial charge in [0.05, 0.1) is 18.1 Å². The smallest absolute Gasteiger partial charge is 0.275 e. The van der Waals surface area contributed by atoms with Gasteiger partial charge in [0, 0.05) is 19.2 Å². The maximum absolute atomic E-state index is 13.7. The number of nitrogens with zero attached hydrogens (tertiary/aromatic N) is 3. The van der Waals surface area contributed by atoms with Crippen LogP contribution in [0.5, 0.6) is 0 Å². The Bertz CT molecular complexity index is 992. The summed E-state index contributed by atoms with van der Waals surface area (Å²) in [6, 6.07) is 11.2. The number of hydrogen-bond donors (Lipinski definition) is 1. The first kappa shape index (κ1) is 17.1. The summed E-state index contributed by atoms with van der Waals surface area (Å²) in [7, 11) is 0. The zero-order chi connectivity index (χ0) is 18.8. The van der Waals surface area contributed by atoms with Gasteiger partial charge in [-0.05, 0) is 29.7 Å². The van der Waals surface area contributed by atoms with Gasteiger partial charge < -0.3 is 10.2 Å². The van der Waals surface area contributed by atoms with Crippen molar-refractivity contribution >= 4 is 17.4 Å². The number of rotatable bonds is 3. The summed E-state index contributed by atoms with van der Waals surface area (Å²) >= 11 is 0. The fourth-order valence-electron chi connectivity index (χ4n) is 3.07. The van der Waals surface area contributed by atoms with E-state index in [2.05, 4.69) is 32.3 Å². The first-order valence-corrected chi connectivity index (χ1v) is 8.50. The van der Waals surface area contributed by atoms with E-state index < -0.39 is 17.5 Å². The summed E-state index contributed by atoms with van der Waals surface area (Å²) in [4.78, 5) is 22.8. The molecule has 3 aromatic rings. The third-order valence-corrected chi connectivity index (χ3v) is 4.50. The molecule has 0 bridgehead atoms. The van der Waals surface area contributed by atoms with Crippen LogP contribution in [-0.4, -0.2) is 22.4 Å². The van der Waals surface area contributed by atoms with E-state index in [0.717, 1.165) is 31.6 Å². The molecule has 0 saturated carbocycles. The molecule has 2 aromatic carbocycles. The summed E-state index contributed by atoms with van der Waals surface area (Å²) < 4.78 is 26.6. The number of anilines is 2. The van der Waals surface area contributed by atoms with Crippen LogP contribution < -0.4 is 10.2 Å². The van der Waals surface area contributed by atoms with Crippen LogP contribution in [0.25, 0.3) is 0 Å². The van der Waals surface area contributed by atoms with E-state index in [-0.39, 0.29) is 11.4 Å². The van der Waals surface area contributed by atoms with Crippen molar-refractivity contribution in [2.45, 2.75) is 13.0 Å². The highest BCUT2D eigenvalue weighted by atomic mass is 19.1. The van der Waals surface area contributed by atoms with Gasteiger partial charge in [-0.3, -0.25) is 4.79 Å². The van der Waals surface area contributed by atoms with Crippen molar-refractivity contribution in [3.63, 3.8) is 0 Å². The maximum Gasteiger partial charge on any atom is 0.275 e. The molecule has 1 aliphatic heterocycles. The minimum atomic E-state index is -0.847. The van der Waals surface area contributed by atoms with Gasteiger partial charge in [-0.25, -0.2) is 18.7 Å². The van der Waals surface area contributed by atoms with Gasteiger partial charge in [0.15, 0.2) is 0 Å². The molecule has 1 aromatic heterocycles. The molecule has 5 nitrogen and oxygen atoms in total. The molecule has 1 aliphatic rings. The quantitative estimate of drug-likeness (QED) is 0.770. The van der Waals surface area contributed by atoms with Gasteiger partial charge in [-0.15, -0.1) is 0 Å². The number of amides is 1. The van der Waals surface area contributed by atoms with Crippen LogP contribution in [0.1, 0.15) is 21.6 Å². The minimum Gasteiger partial charge on any atom is -0.351 e. The van der Waals surface area contributed by atoms with Gasteiger partial charge >= 0.3 is 0 Å². The van der Waals surface area contributed by atoms with E-state index in [1.54, 1.807) is 0 Å². The third-order valence-electron chi connectivity index (χ3n) is 4.50. The van der Waals surface area contributed by atoms with Crippen molar-refractivity contribution in [3.8, 4) is 0 Å². The highest BCUT2D eigenvalue weighted by Crippen LogP contribution is 2.22. The minimum absolute atomic E-state index is 0.0554. The normalized spacial score (nSPS) is 13.2. The third kappa shape index (κ3) is 3.62. The Morgan fingerprint density at radius 3 is 2.59 bits per heavy atom. The number of nitrogens with one attached hydrogen (secondary N) is 1. The van der Waals surface area contributed by atoms with Crippen molar-refractivity contribution in [1.82, 2.24) is 9.97 Å². The molecule has 2 heterocycles. The van der Waals surface area contributed by atoms with Crippen molar-refractivity contribution in [2.75, 3.05) is 16.8 Å². The molecule has 136 valence electrons. The van der Waals surface area contributed by atoms with Crippen LogP contribution in [0.3, 0.4) is 0 Å². The van der Waals surface area contributed by atoms with Crippen LogP contribution in [0, 0.1) is 11.6 Å². The van der Waals surface area contributed by atoms with Gasteiger partial charge in [0.1, 0.15) is 23.1 Å². The lowest BCUT2D eigenvalue weighted by Crippen LogP contribution is -2.31. The largest absolute Gasteiger partial charge is 0.351 e. The number of fused-ring (bicyclic) bond motifs is 1. The Balaban J connectivity index is 1.47. The molecule has 1 N–H and O–H groups in total. The Kier molecular flexibility index (Phi) is 4.50. The molecule has 1 amide bonds. The van der Waals surface area contributed by atoms with Gasteiger partial charge in [-0.2, -0.15) is 0 Å². The second-order valence-electron chi connectivity index (χ2n) is 6.28. The monoisotopic (exact) mass is 366 g/mol. The Morgan fingerprint density at radius 1 is 1.04 bits per heavy atom. The topological polar surface area (TPSA) is 58.1 Å². The van der Waals surface area contributed by atoms with E-state index >= 15 is 0 Å². The number of aromatic nitrogens is 2. The van der Waals surface area contributed by atoms with Gasteiger partial charge in [-0.1, -0.05) is 24.3 Å². The summed E-state index contributed by atoms with van der Waals surface area (Å²) in [6.07, 6.45) is 3.81. The number of carbonyl (C=O) groups excluding carboxylic acids is 1. The zero-order valence-corrected chi connectivity index (χ0v) is 14.3. The molecule has 0 fully saturated rings. The predicted octanol–water partition coefficient (Wildman–Crippen LogP) is 3.57. The number of carbonyl (C=O) groups is 1. The lowest BCUT2D eigenvalue weighted by Gasteiger charge is -2.29. The first-order chi connectivity index (χ1) is 13.1. The second-order valence-corrected chi connectivity index (χ2v) is 6.28. The van der Waals surface area contributed by atoms with Crippen LogP contribution in [-0.2, 0) is 13.0 Å². The van der Waals surface area contributed by atoms with Crippen LogP contribution in [0.2, 0.25) is 0 Å². The van der Waals surface area contributed by atoms with E-state index in [0.29, 0.717) is 11.9 Å². The standard InChI is InChI=1S/C20H16F2N4O/c21-15-5-6-17(16(22)9-15)25-20(27)18-10-24-19(11-23-18)26-8-7-13-3-1-2-4-14(13)12-26/h1-6,9-11H,7-8,12H2,(H,25,27). The fraction of sp³-hybridized carbons (Fsp3) is 0.150. The second kappa shape index (κ2) is 7.11. The maximum atomic E-state index is 13.7. The molecule has 7 heteroatoms. The van der Waals surface area contributed by atoms with Crippen LogP contribution in [0.15, 0.2) is 54.9 Å².